The van der Waals surface area contributed by atoms with Gasteiger partial charge >= 0.3 is 5.97 Å². The molecule has 2 aromatic rings. The molecular weight excluding hydrogens is 444 g/mol. The van der Waals surface area contributed by atoms with Gasteiger partial charge in [0.15, 0.2) is 5.78 Å². The van der Waals surface area contributed by atoms with Crippen LogP contribution in [0.25, 0.3) is 0 Å². The topological polar surface area (TPSA) is 61.8 Å². The number of rotatable bonds is 14. The number of benzene rings is 2. The van der Waals surface area contributed by atoms with Gasteiger partial charge in [-0.2, -0.15) is 0 Å². The Morgan fingerprint density at radius 3 is 2.38 bits per heavy atom. The first-order valence-corrected chi connectivity index (χ1v) is 13.4. The molecule has 0 radical (unpaired) electrons. The Morgan fingerprint density at radius 1 is 0.875 bits per heavy atom. The van der Waals surface area contributed by atoms with Crippen molar-refractivity contribution in [1.29, 1.82) is 0 Å². The van der Waals surface area contributed by atoms with Crippen molar-refractivity contribution < 1.29 is 23.8 Å². The monoisotopic (exact) mass is 474 g/mol. The highest BCUT2D eigenvalue weighted by molar-refractivity contribution is 8.77. The standard InChI is InChI=1S/C25H30O5S2/c26-24(9-5-4-8-23-14-19-31-32-23)30-18-16-28-15-17-29-22-12-10-21(11-13-22)25(27)20-6-2-1-3-7-20/h1-3,6-7,10-13,23H,4-5,8-9,14-19H2. The first kappa shape index (κ1) is 24.7. The first-order valence-electron chi connectivity index (χ1n) is 11.1. The molecule has 1 fully saturated rings. The zero-order valence-corrected chi connectivity index (χ0v) is 19.8. The van der Waals surface area contributed by atoms with Crippen LogP contribution in [0.4, 0.5) is 0 Å². The zero-order valence-electron chi connectivity index (χ0n) is 18.2. The van der Waals surface area contributed by atoms with E-state index in [9.17, 15) is 9.59 Å². The van der Waals surface area contributed by atoms with Gasteiger partial charge < -0.3 is 14.2 Å². The minimum Gasteiger partial charge on any atom is -0.491 e. The van der Waals surface area contributed by atoms with Crippen molar-refractivity contribution in [3.63, 3.8) is 0 Å². The summed E-state index contributed by atoms with van der Waals surface area (Å²) in [7, 11) is 3.94. The molecule has 0 N–H and O–H groups in total. The minimum absolute atomic E-state index is 0.0121. The van der Waals surface area contributed by atoms with E-state index in [1.165, 1.54) is 18.6 Å². The van der Waals surface area contributed by atoms with E-state index in [1.54, 1.807) is 36.4 Å². The molecule has 0 aromatic heterocycles. The largest absolute Gasteiger partial charge is 0.491 e. The Kier molecular flexibility index (Phi) is 11.0. The van der Waals surface area contributed by atoms with Crippen LogP contribution in [0.2, 0.25) is 0 Å². The second kappa shape index (κ2) is 14.2. The predicted molar refractivity (Wildman–Crippen MR) is 131 cm³/mol. The highest BCUT2D eigenvalue weighted by Crippen LogP contribution is 2.39. The fourth-order valence-corrected chi connectivity index (χ4v) is 6.30. The van der Waals surface area contributed by atoms with Crippen LogP contribution in [0.1, 0.15) is 48.0 Å². The van der Waals surface area contributed by atoms with Gasteiger partial charge in [-0.05, 0) is 43.5 Å². The molecule has 5 nitrogen and oxygen atoms in total. The average molecular weight is 475 g/mol. The highest BCUT2D eigenvalue weighted by Gasteiger charge is 2.16. The molecule has 2 aromatic carbocycles. The quantitative estimate of drug-likeness (QED) is 0.153. The molecule has 0 bridgehead atoms. The van der Waals surface area contributed by atoms with E-state index in [0.29, 0.717) is 43.1 Å². The second-order valence-electron chi connectivity index (χ2n) is 7.48. The van der Waals surface area contributed by atoms with Gasteiger partial charge in [0.2, 0.25) is 0 Å². The lowest BCUT2D eigenvalue weighted by molar-refractivity contribution is -0.145. The predicted octanol–water partition coefficient (Wildman–Crippen LogP) is 5.57. The van der Waals surface area contributed by atoms with E-state index in [4.69, 9.17) is 14.2 Å². The van der Waals surface area contributed by atoms with Gasteiger partial charge in [0.05, 0.1) is 13.2 Å². The van der Waals surface area contributed by atoms with E-state index in [1.807, 2.05) is 39.8 Å². The number of carbonyl (C=O) groups is 2. The molecule has 1 saturated heterocycles. The molecule has 0 aliphatic carbocycles. The number of ketones is 1. The van der Waals surface area contributed by atoms with Crippen molar-refractivity contribution in [2.75, 3.05) is 32.2 Å². The molecular formula is C25H30O5S2. The SMILES string of the molecule is O=C(CCCCC1CCSS1)OCCOCCOc1ccc(C(=O)c2ccccc2)cc1. The maximum atomic E-state index is 12.4. The van der Waals surface area contributed by atoms with Gasteiger partial charge in [-0.25, -0.2) is 0 Å². The number of hydrogen-bond acceptors (Lipinski definition) is 7. The molecule has 7 heteroatoms. The van der Waals surface area contributed by atoms with Crippen molar-refractivity contribution >= 4 is 33.3 Å². The van der Waals surface area contributed by atoms with Gasteiger partial charge in [0.25, 0.3) is 0 Å². The van der Waals surface area contributed by atoms with Crippen molar-refractivity contribution in [3.05, 3.63) is 65.7 Å². The first-order chi connectivity index (χ1) is 15.7. The Hall–Kier alpha value is -1.96. The molecule has 1 atom stereocenters. The molecule has 3 rings (SSSR count). The van der Waals surface area contributed by atoms with E-state index in [2.05, 4.69) is 0 Å². The Bertz CT molecular complexity index is 820. The van der Waals surface area contributed by atoms with Crippen LogP contribution < -0.4 is 4.74 Å². The third-order valence-corrected chi connectivity index (χ3v) is 8.03. The van der Waals surface area contributed by atoms with E-state index >= 15 is 0 Å². The number of hydrogen-bond donors (Lipinski definition) is 0. The third-order valence-electron chi connectivity index (χ3n) is 5.02. The fraction of sp³-hybridized carbons (Fsp3) is 0.440. The normalized spacial score (nSPS) is 15.4. The summed E-state index contributed by atoms with van der Waals surface area (Å²) in [5.74, 6) is 1.77. The molecule has 1 heterocycles. The molecule has 1 aliphatic rings. The van der Waals surface area contributed by atoms with E-state index in [0.717, 1.165) is 18.1 Å². The third kappa shape index (κ3) is 8.88. The maximum absolute atomic E-state index is 12.4. The van der Waals surface area contributed by atoms with Crippen LogP contribution in [-0.4, -0.2) is 49.2 Å². The number of unbranched alkanes of at least 4 members (excludes halogenated alkanes) is 1. The molecule has 172 valence electrons. The van der Waals surface area contributed by atoms with Crippen LogP contribution in [-0.2, 0) is 14.3 Å². The molecule has 0 amide bonds. The zero-order chi connectivity index (χ0) is 22.4. The van der Waals surface area contributed by atoms with Crippen molar-refractivity contribution in [1.82, 2.24) is 0 Å². The van der Waals surface area contributed by atoms with Crippen LogP contribution in [0.15, 0.2) is 54.6 Å². The summed E-state index contributed by atoms with van der Waals surface area (Å²) < 4.78 is 16.3. The van der Waals surface area contributed by atoms with Crippen LogP contribution in [0.5, 0.6) is 5.75 Å². The Balaban J connectivity index is 1.19. The lowest BCUT2D eigenvalue weighted by Crippen LogP contribution is -2.13. The lowest BCUT2D eigenvalue weighted by Gasteiger charge is -2.09. The summed E-state index contributed by atoms with van der Waals surface area (Å²) in [6.45, 7) is 1.41. The smallest absolute Gasteiger partial charge is 0.305 e. The van der Waals surface area contributed by atoms with Crippen LogP contribution >= 0.6 is 21.6 Å². The van der Waals surface area contributed by atoms with Crippen molar-refractivity contribution in [2.24, 2.45) is 0 Å². The van der Waals surface area contributed by atoms with Crippen LogP contribution in [0.3, 0.4) is 0 Å². The van der Waals surface area contributed by atoms with E-state index in [-0.39, 0.29) is 18.4 Å². The molecule has 1 unspecified atom stereocenters. The van der Waals surface area contributed by atoms with Gasteiger partial charge in [-0.1, -0.05) is 58.3 Å². The number of esters is 1. The fourth-order valence-electron chi connectivity index (χ4n) is 3.27. The minimum atomic E-state index is -0.150. The summed E-state index contributed by atoms with van der Waals surface area (Å²) in [6.07, 6.45) is 4.95. The summed E-state index contributed by atoms with van der Waals surface area (Å²) in [5.41, 5.74) is 1.29. The summed E-state index contributed by atoms with van der Waals surface area (Å²) in [4.78, 5) is 24.1. The Morgan fingerprint density at radius 2 is 1.62 bits per heavy atom. The van der Waals surface area contributed by atoms with Crippen molar-refractivity contribution in [2.45, 2.75) is 37.4 Å². The van der Waals surface area contributed by atoms with Gasteiger partial charge in [0, 0.05) is 28.6 Å². The molecule has 0 spiro atoms. The summed E-state index contributed by atoms with van der Waals surface area (Å²) >= 11 is 0. The average Bonchev–Trinajstić information content (AvgIpc) is 3.35. The lowest BCUT2D eigenvalue weighted by atomic mass is 10.0. The summed E-state index contributed by atoms with van der Waals surface area (Å²) in [5, 5.41) is 0.765. The number of ether oxygens (including phenoxy) is 3. The van der Waals surface area contributed by atoms with Gasteiger partial charge in [-0.15, -0.1) is 0 Å². The van der Waals surface area contributed by atoms with Crippen LogP contribution in [0, 0.1) is 0 Å². The number of carbonyl (C=O) groups excluding carboxylic acids is 2. The summed E-state index contributed by atoms with van der Waals surface area (Å²) in [6, 6.07) is 16.3. The van der Waals surface area contributed by atoms with Crippen molar-refractivity contribution in [3.8, 4) is 5.75 Å². The second-order valence-corrected chi connectivity index (χ2v) is 10.3. The van der Waals surface area contributed by atoms with Gasteiger partial charge in [-0.3, -0.25) is 9.59 Å². The maximum Gasteiger partial charge on any atom is 0.305 e. The molecule has 32 heavy (non-hydrogen) atoms. The molecule has 0 saturated carbocycles. The van der Waals surface area contributed by atoms with Gasteiger partial charge in [0.1, 0.15) is 19.0 Å². The Labute approximate surface area is 198 Å². The van der Waals surface area contributed by atoms with E-state index < -0.39 is 0 Å². The molecule has 1 aliphatic heterocycles. The highest BCUT2D eigenvalue weighted by atomic mass is 33.1.